The SMILES string of the molecule is CN(CCCCCCCCN(C)C(=O)CCCCCN(CC(=O)N1c2ccccc2C(=O)Nc2cccnc21)CC(=O)N1c2ccccc2C(=O)Nc2cccnc21)C(=O)CCCCCN. The van der Waals surface area contributed by atoms with Crippen LogP contribution in [0.5, 0.6) is 0 Å². The van der Waals surface area contributed by atoms with E-state index in [0.717, 1.165) is 64.3 Å². The molecule has 0 fully saturated rings. The number of amides is 6. The molecule has 2 aliphatic heterocycles. The van der Waals surface area contributed by atoms with Crippen molar-refractivity contribution in [2.75, 3.05) is 73.8 Å². The van der Waals surface area contributed by atoms with Crippen LogP contribution in [-0.2, 0) is 19.2 Å². The quantitative estimate of drug-likeness (QED) is 0.0602. The summed E-state index contributed by atoms with van der Waals surface area (Å²) in [5, 5.41) is 5.74. The number of hydrogen-bond donors (Lipinski definition) is 3. The first-order valence-electron chi connectivity index (χ1n) is 23.3. The molecule has 0 radical (unpaired) electrons. The van der Waals surface area contributed by atoms with Crippen LogP contribution in [0, 0.1) is 0 Å². The minimum atomic E-state index is -0.403. The van der Waals surface area contributed by atoms with Gasteiger partial charge in [0.2, 0.25) is 23.6 Å². The largest absolute Gasteiger partial charge is 0.346 e. The van der Waals surface area contributed by atoms with Crippen LogP contribution in [0.15, 0.2) is 85.2 Å². The summed E-state index contributed by atoms with van der Waals surface area (Å²) >= 11 is 0. The second-order valence-electron chi connectivity index (χ2n) is 17.0. The molecule has 4 heterocycles. The molecule has 6 amide bonds. The Labute approximate surface area is 387 Å². The molecule has 4 N–H and O–H groups in total. The lowest BCUT2D eigenvalue weighted by atomic mass is 10.1. The van der Waals surface area contributed by atoms with Crippen LogP contribution in [0.1, 0.15) is 111 Å². The number of anilines is 6. The molecule has 6 rings (SSSR count). The Kier molecular flexibility index (Phi) is 18.3. The van der Waals surface area contributed by atoms with Crippen molar-refractivity contribution in [1.82, 2.24) is 24.7 Å². The standard InChI is InChI=1S/C50H64N10O6/c1-56(43(61)27-9-7-15-29-51)32-16-5-3-4-6-17-33-57(2)44(62)28-10-8-18-34-58(35-45(63)59-41-25-13-11-21-37(41)49(65)54-39-23-19-30-52-47(39)59)36-46(64)60-42-26-14-12-22-38(42)50(66)55-40-24-20-31-53-48(40)60/h11-14,19-26,30-31H,3-10,15-18,27-29,32-36,51H2,1-2H3,(H,54,65)(H,55,66). The number of para-hydroxylation sites is 2. The van der Waals surface area contributed by atoms with E-state index in [9.17, 15) is 28.8 Å². The van der Waals surface area contributed by atoms with E-state index in [0.29, 0.717) is 85.6 Å². The van der Waals surface area contributed by atoms with Crippen molar-refractivity contribution >= 4 is 69.8 Å². The van der Waals surface area contributed by atoms with Crippen molar-refractivity contribution in [1.29, 1.82) is 0 Å². The molecule has 0 bridgehead atoms. The molecule has 0 unspecified atom stereocenters. The fourth-order valence-electron chi connectivity index (χ4n) is 8.34. The molecule has 2 aromatic carbocycles. The lowest BCUT2D eigenvalue weighted by Crippen LogP contribution is -2.44. The van der Waals surface area contributed by atoms with Crippen molar-refractivity contribution in [3.05, 3.63) is 96.3 Å². The van der Waals surface area contributed by atoms with Gasteiger partial charge in [0.1, 0.15) is 0 Å². The molecule has 4 aromatic rings. The molecule has 16 heteroatoms. The Morgan fingerprint density at radius 3 is 1.41 bits per heavy atom. The highest BCUT2D eigenvalue weighted by molar-refractivity contribution is 6.18. The molecule has 66 heavy (non-hydrogen) atoms. The van der Waals surface area contributed by atoms with Crippen molar-refractivity contribution in [3.8, 4) is 0 Å². The lowest BCUT2D eigenvalue weighted by molar-refractivity contribution is -0.130. The van der Waals surface area contributed by atoms with Gasteiger partial charge in [-0.1, -0.05) is 62.8 Å². The third-order valence-electron chi connectivity index (χ3n) is 12.0. The van der Waals surface area contributed by atoms with Crippen LogP contribution in [0.3, 0.4) is 0 Å². The van der Waals surface area contributed by atoms with E-state index in [-0.39, 0.29) is 48.4 Å². The number of pyridine rings is 2. The van der Waals surface area contributed by atoms with E-state index in [1.165, 1.54) is 9.80 Å². The molecular weight excluding hydrogens is 837 g/mol. The van der Waals surface area contributed by atoms with Gasteiger partial charge in [-0.2, -0.15) is 0 Å². The molecule has 350 valence electrons. The van der Waals surface area contributed by atoms with Crippen molar-refractivity contribution < 1.29 is 28.8 Å². The molecule has 2 aliphatic rings. The average Bonchev–Trinajstić information content (AvgIpc) is 3.53. The first kappa shape index (κ1) is 48.9. The maximum atomic E-state index is 14.6. The van der Waals surface area contributed by atoms with E-state index >= 15 is 0 Å². The highest BCUT2D eigenvalue weighted by Crippen LogP contribution is 2.38. The number of unbranched alkanes of at least 4 members (excludes halogenated alkanes) is 9. The second-order valence-corrected chi connectivity index (χ2v) is 17.0. The number of fused-ring (bicyclic) bond motifs is 4. The minimum Gasteiger partial charge on any atom is -0.346 e. The highest BCUT2D eigenvalue weighted by Gasteiger charge is 2.34. The molecule has 0 saturated heterocycles. The Bertz CT molecular complexity index is 2200. The fraction of sp³-hybridized carbons (Fsp3) is 0.440. The zero-order valence-electron chi connectivity index (χ0n) is 38.4. The summed E-state index contributed by atoms with van der Waals surface area (Å²) in [6, 6.07) is 20.4. The number of benzene rings is 2. The molecule has 16 nitrogen and oxygen atoms in total. The van der Waals surface area contributed by atoms with E-state index in [4.69, 9.17) is 5.73 Å². The second kappa shape index (κ2) is 24.7. The Morgan fingerprint density at radius 1 is 0.530 bits per heavy atom. The minimum absolute atomic E-state index is 0.0799. The summed E-state index contributed by atoms with van der Waals surface area (Å²) in [7, 11) is 3.73. The normalized spacial score (nSPS) is 12.8. The summed E-state index contributed by atoms with van der Waals surface area (Å²) in [6.07, 6.45) is 15.1. The number of hydrogen-bond acceptors (Lipinski definition) is 10. The van der Waals surface area contributed by atoms with Gasteiger partial charge in [-0.25, -0.2) is 9.97 Å². The molecule has 2 aromatic heterocycles. The summed E-state index contributed by atoms with van der Waals surface area (Å²) < 4.78 is 0. The van der Waals surface area contributed by atoms with Crippen molar-refractivity contribution in [2.45, 2.75) is 89.9 Å². The van der Waals surface area contributed by atoms with Gasteiger partial charge in [-0.15, -0.1) is 0 Å². The zero-order chi connectivity index (χ0) is 46.8. The zero-order valence-corrected chi connectivity index (χ0v) is 38.4. The van der Waals surface area contributed by atoms with Crippen LogP contribution in [0.2, 0.25) is 0 Å². The summed E-state index contributed by atoms with van der Waals surface area (Å²) in [5.41, 5.74) is 7.64. The first-order valence-corrected chi connectivity index (χ1v) is 23.3. The number of aromatic nitrogens is 2. The van der Waals surface area contributed by atoms with Gasteiger partial charge in [-0.3, -0.25) is 43.5 Å². The molecule has 0 atom stereocenters. The third-order valence-corrected chi connectivity index (χ3v) is 12.0. The van der Waals surface area contributed by atoms with Gasteiger partial charge < -0.3 is 26.2 Å². The Balaban J connectivity index is 1.04. The predicted molar refractivity (Wildman–Crippen MR) is 257 cm³/mol. The number of rotatable bonds is 24. The van der Waals surface area contributed by atoms with E-state index in [1.807, 2.05) is 19.0 Å². The summed E-state index contributed by atoms with van der Waals surface area (Å²) in [6.45, 7) is 2.07. The van der Waals surface area contributed by atoms with Crippen molar-refractivity contribution in [3.63, 3.8) is 0 Å². The van der Waals surface area contributed by atoms with Gasteiger partial charge in [0.25, 0.3) is 11.8 Å². The van der Waals surface area contributed by atoms with Gasteiger partial charge in [-0.05, 0) is 100 Å². The van der Waals surface area contributed by atoms with Crippen molar-refractivity contribution in [2.24, 2.45) is 5.73 Å². The molecule has 0 saturated carbocycles. The van der Waals surface area contributed by atoms with Gasteiger partial charge in [0, 0.05) is 52.4 Å². The van der Waals surface area contributed by atoms with E-state index in [2.05, 4.69) is 20.6 Å². The number of nitrogens with one attached hydrogen (secondary N) is 2. The van der Waals surface area contributed by atoms with Crippen LogP contribution in [-0.4, -0.2) is 113 Å². The lowest BCUT2D eigenvalue weighted by Gasteiger charge is -2.29. The first-order chi connectivity index (χ1) is 32.1. The number of nitrogens with zero attached hydrogens (tertiary/aromatic N) is 7. The fourth-order valence-corrected chi connectivity index (χ4v) is 8.34. The number of carbonyl (C=O) groups is 6. The molecule has 0 aliphatic carbocycles. The summed E-state index contributed by atoms with van der Waals surface area (Å²) in [4.78, 5) is 98.5. The van der Waals surface area contributed by atoms with Gasteiger partial charge in [0.05, 0.1) is 47.0 Å². The summed E-state index contributed by atoms with van der Waals surface area (Å²) in [5.74, 6) is -0.744. The average molecular weight is 901 g/mol. The predicted octanol–water partition coefficient (Wildman–Crippen LogP) is 7.28. The van der Waals surface area contributed by atoms with Crippen LogP contribution in [0.25, 0.3) is 0 Å². The van der Waals surface area contributed by atoms with Crippen LogP contribution >= 0.6 is 0 Å². The third kappa shape index (κ3) is 13.1. The van der Waals surface area contributed by atoms with Gasteiger partial charge >= 0.3 is 0 Å². The van der Waals surface area contributed by atoms with E-state index in [1.54, 1.807) is 95.0 Å². The number of carbonyl (C=O) groups excluding carboxylic acids is 6. The molecule has 0 spiro atoms. The Morgan fingerprint density at radius 2 is 0.939 bits per heavy atom. The van der Waals surface area contributed by atoms with Gasteiger partial charge in [0.15, 0.2) is 11.6 Å². The monoisotopic (exact) mass is 901 g/mol. The van der Waals surface area contributed by atoms with Crippen LogP contribution in [0.4, 0.5) is 34.4 Å². The maximum Gasteiger partial charge on any atom is 0.257 e. The smallest absolute Gasteiger partial charge is 0.257 e. The maximum absolute atomic E-state index is 14.6. The highest BCUT2D eigenvalue weighted by atomic mass is 16.2. The topological polar surface area (TPSA) is 194 Å². The van der Waals surface area contributed by atoms with E-state index < -0.39 is 11.8 Å². The molecular formula is C50H64N10O6. The van der Waals surface area contributed by atoms with Crippen LogP contribution < -0.4 is 26.2 Å². The number of nitrogens with two attached hydrogens (primary N) is 1. The Hall–Kier alpha value is -6.52.